The van der Waals surface area contributed by atoms with Gasteiger partial charge in [0.05, 0.1) is 12.8 Å². The maximum atomic E-state index is 12.6. The zero-order valence-electron chi connectivity index (χ0n) is 12.8. The van der Waals surface area contributed by atoms with Crippen molar-refractivity contribution >= 4 is 17.7 Å². The summed E-state index contributed by atoms with van der Waals surface area (Å²) < 4.78 is 17.7. The molecule has 4 heteroatoms. The van der Waals surface area contributed by atoms with Crippen molar-refractivity contribution in [1.82, 2.24) is 0 Å². The van der Waals surface area contributed by atoms with Crippen molar-refractivity contribution in [1.29, 1.82) is 0 Å². The molecule has 114 valence electrons. The Morgan fingerprint density at radius 3 is 2.42 bits per heavy atom. The van der Waals surface area contributed by atoms with Gasteiger partial charge in [0.15, 0.2) is 0 Å². The first-order valence-corrected chi connectivity index (χ1v) is 8.44. The lowest BCUT2D eigenvalue weighted by Crippen LogP contribution is -2.22. The molecule has 0 aromatic heterocycles. The molecule has 0 aromatic rings. The minimum atomic E-state index is -0.694. The first-order chi connectivity index (χ1) is 8.97. The Balaban J connectivity index is 3.83. The number of esters is 1. The molecule has 0 fully saturated rings. The molecule has 0 aliphatic rings. The van der Waals surface area contributed by atoms with Crippen LogP contribution in [0.15, 0.2) is 0 Å². The van der Waals surface area contributed by atoms with Gasteiger partial charge in [0.1, 0.15) is 5.25 Å². The molecule has 0 bridgehead atoms. The monoisotopic (exact) mass is 292 g/mol. The van der Waals surface area contributed by atoms with Gasteiger partial charge in [-0.05, 0) is 44.8 Å². The molecule has 0 rings (SSSR count). The average Bonchev–Trinajstić information content (AvgIpc) is 2.31. The third-order valence-corrected chi connectivity index (χ3v) is 4.11. The fourth-order valence-corrected chi connectivity index (χ4v) is 3.21. The summed E-state index contributed by atoms with van der Waals surface area (Å²) >= 11 is 1.69. The smallest absolute Gasteiger partial charge is 0.319 e. The van der Waals surface area contributed by atoms with Crippen LogP contribution in [0.3, 0.4) is 0 Å². The summed E-state index contributed by atoms with van der Waals surface area (Å²) in [5.41, 5.74) is 0. The van der Waals surface area contributed by atoms with Crippen LogP contribution in [0.1, 0.15) is 59.8 Å². The molecule has 0 aliphatic heterocycles. The minimum absolute atomic E-state index is 0.0416. The number of unbranched alkanes of at least 4 members (excludes halogenated alkanes) is 2. The molecule has 2 nitrogen and oxygen atoms in total. The van der Waals surface area contributed by atoms with Crippen LogP contribution in [0, 0.1) is 5.92 Å². The van der Waals surface area contributed by atoms with E-state index in [0.717, 1.165) is 31.4 Å². The lowest BCUT2D eigenvalue weighted by atomic mass is 10.1. The van der Waals surface area contributed by atoms with Gasteiger partial charge in [0.2, 0.25) is 0 Å². The van der Waals surface area contributed by atoms with Crippen molar-refractivity contribution in [2.45, 2.75) is 71.2 Å². The Morgan fingerprint density at radius 1 is 1.21 bits per heavy atom. The lowest BCUT2D eigenvalue weighted by molar-refractivity contribution is -0.142. The standard InChI is InChI=1S/C15H29FO2S/c1-5-18-15(17)14(11-12(2)3)19-10-8-6-7-9-13(4)16/h12-14H,5-11H2,1-4H3. The van der Waals surface area contributed by atoms with Gasteiger partial charge in [0.25, 0.3) is 0 Å². The van der Waals surface area contributed by atoms with Crippen LogP contribution in [0.4, 0.5) is 4.39 Å². The van der Waals surface area contributed by atoms with Crippen LogP contribution in [-0.2, 0) is 9.53 Å². The summed E-state index contributed by atoms with van der Waals surface area (Å²) in [5.74, 6) is 1.37. The lowest BCUT2D eigenvalue weighted by Gasteiger charge is -2.17. The Kier molecular flexibility index (Phi) is 11.4. The molecule has 0 saturated carbocycles. The largest absolute Gasteiger partial charge is 0.465 e. The van der Waals surface area contributed by atoms with E-state index in [2.05, 4.69) is 13.8 Å². The zero-order valence-corrected chi connectivity index (χ0v) is 13.6. The van der Waals surface area contributed by atoms with Crippen LogP contribution in [-0.4, -0.2) is 29.8 Å². The van der Waals surface area contributed by atoms with Gasteiger partial charge in [-0.2, -0.15) is 0 Å². The van der Waals surface area contributed by atoms with Gasteiger partial charge in [-0.25, -0.2) is 4.39 Å². The maximum absolute atomic E-state index is 12.6. The van der Waals surface area contributed by atoms with Gasteiger partial charge in [-0.15, -0.1) is 11.8 Å². The van der Waals surface area contributed by atoms with E-state index < -0.39 is 6.17 Å². The minimum Gasteiger partial charge on any atom is -0.465 e. The van der Waals surface area contributed by atoms with E-state index in [-0.39, 0.29) is 11.2 Å². The summed E-state index contributed by atoms with van der Waals surface area (Å²) in [6.07, 6.45) is 3.85. The molecular formula is C15H29FO2S. The third-order valence-electron chi connectivity index (χ3n) is 2.80. The van der Waals surface area contributed by atoms with Crippen molar-refractivity contribution in [3.8, 4) is 0 Å². The SMILES string of the molecule is CCOC(=O)C(CC(C)C)SCCCCCC(C)F. The molecule has 0 aliphatic carbocycles. The van der Waals surface area contributed by atoms with Crippen molar-refractivity contribution in [2.24, 2.45) is 5.92 Å². The second-order valence-electron chi connectivity index (χ2n) is 5.37. The summed E-state index contributed by atoms with van der Waals surface area (Å²) in [4.78, 5) is 11.8. The van der Waals surface area contributed by atoms with Gasteiger partial charge in [0, 0.05) is 0 Å². The van der Waals surface area contributed by atoms with E-state index in [1.54, 1.807) is 18.7 Å². The summed E-state index contributed by atoms with van der Waals surface area (Å²) in [5, 5.41) is -0.0416. The molecular weight excluding hydrogens is 263 g/mol. The number of rotatable bonds is 11. The molecule has 0 saturated heterocycles. The highest BCUT2D eigenvalue weighted by molar-refractivity contribution is 8.00. The topological polar surface area (TPSA) is 26.3 Å². The van der Waals surface area contributed by atoms with Crippen LogP contribution in [0.5, 0.6) is 0 Å². The Morgan fingerprint density at radius 2 is 1.89 bits per heavy atom. The summed E-state index contributed by atoms with van der Waals surface area (Å²) in [6, 6.07) is 0. The fourth-order valence-electron chi connectivity index (χ4n) is 1.83. The molecule has 0 amide bonds. The van der Waals surface area contributed by atoms with Gasteiger partial charge in [-0.3, -0.25) is 4.79 Å². The summed E-state index contributed by atoms with van der Waals surface area (Å²) in [7, 11) is 0. The van der Waals surface area contributed by atoms with Crippen LogP contribution in [0.25, 0.3) is 0 Å². The number of hydrogen-bond donors (Lipinski definition) is 0. The zero-order chi connectivity index (χ0) is 14.7. The highest BCUT2D eigenvalue weighted by atomic mass is 32.2. The average molecular weight is 292 g/mol. The number of ether oxygens (including phenoxy) is 1. The van der Waals surface area contributed by atoms with E-state index in [1.165, 1.54) is 0 Å². The van der Waals surface area contributed by atoms with E-state index in [1.807, 2.05) is 6.92 Å². The first-order valence-electron chi connectivity index (χ1n) is 7.39. The van der Waals surface area contributed by atoms with E-state index >= 15 is 0 Å². The number of carbonyl (C=O) groups excluding carboxylic acids is 1. The van der Waals surface area contributed by atoms with Crippen molar-refractivity contribution in [3.63, 3.8) is 0 Å². The van der Waals surface area contributed by atoms with Gasteiger partial charge in [-0.1, -0.05) is 26.7 Å². The highest BCUT2D eigenvalue weighted by Crippen LogP contribution is 2.22. The fraction of sp³-hybridized carbons (Fsp3) is 0.933. The third kappa shape index (κ3) is 11.3. The molecule has 0 radical (unpaired) electrons. The first kappa shape index (κ1) is 18.8. The van der Waals surface area contributed by atoms with Gasteiger partial charge < -0.3 is 4.74 Å². The van der Waals surface area contributed by atoms with E-state index in [0.29, 0.717) is 18.9 Å². The number of carbonyl (C=O) groups is 1. The molecule has 0 N–H and O–H groups in total. The number of thioether (sulfide) groups is 1. The van der Waals surface area contributed by atoms with E-state index in [9.17, 15) is 9.18 Å². The number of hydrogen-bond acceptors (Lipinski definition) is 3. The predicted molar refractivity (Wildman–Crippen MR) is 81.4 cm³/mol. The molecule has 2 atom stereocenters. The molecule has 19 heavy (non-hydrogen) atoms. The number of alkyl halides is 1. The molecule has 2 unspecified atom stereocenters. The van der Waals surface area contributed by atoms with Crippen LogP contribution >= 0.6 is 11.8 Å². The molecule has 0 spiro atoms. The Hall–Kier alpha value is -0.250. The predicted octanol–water partition coefficient (Wildman–Crippen LogP) is 4.62. The Labute approximate surface area is 121 Å². The second-order valence-corrected chi connectivity index (χ2v) is 6.68. The normalized spacial score (nSPS) is 14.4. The van der Waals surface area contributed by atoms with Crippen molar-refractivity contribution in [2.75, 3.05) is 12.4 Å². The van der Waals surface area contributed by atoms with E-state index in [4.69, 9.17) is 4.74 Å². The quantitative estimate of drug-likeness (QED) is 0.411. The molecule has 0 heterocycles. The second kappa shape index (κ2) is 11.6. The molecule has 0 aromatic carbocycles. The van der Waals surface area contributed by atoms with Crippen molar-refractivity contribution in [3.05, 3.63) is 0 Å². The van der Waals surface area contributed by atoms with Crippen LogP contribution in [0.2, 0.25) is 0 Å². The Bertz CT molecular complexity index is 232. The highest BCUT2D eigenvalue weighted by Gasteiger charge is 2.21. The summed E-state index contributed by atoms with van der Waals surface area (Å²) in [6.45, 7) is 8.13. The number of halogens is 1. The van der Waals surface area contributed by atoms with Gasteiger partial charge >= 0.3 is 5.97 Å². The maximum Gasteiger partial charge on any atom is 0.319 e. The van der Waals surface area contributed by atoms with Crippen LogP contribution < -0.4 is 0 Å². The van der Waals surface area contributed by atoms with Crippen molar-refractivity contribution < 1.29 is 13.9 Å².